The van der Waals surface area contributed by atoms with E-state index in [-0.39, 0.29) is 5.56 Å². The first-order chi connectivity index (χ1) is 13.2. The fourth-order valence-corrected chi connectivity index (χ4v) is 3.63. The number of aliphatic carboxylic acids is 2. The highest BCUT2D eigenvalue weighted by molar-refractivity contribution is 7.86. The monoisotopic (exact) mass is 402 g/mol. The van der Waals surface area contributed by atoms with E-state index in [1.165, 1.54) is 12.1 Å². The van der Waals surface area contributed by atoms with Crippen molar-refractivity contribution >= 4 is 32.8 Å². The van der Waals surface area contributed by atoms with Crippen molar-refractivity contribution in [3.05, 3.63) is 60.7 Å². The van der Waals surface area contributed by atoms with E-state index in [1.807, 2.05) is 18.2 Å². The van der Waals surface area contributed by atoms with Gasteiger partial charge >= 0.3 is 11.9 Å². The number of rotatable bonds is 6. The highest BCUT2D eigenvalue weighted by atomic mass is 32.2. The van der Waals surface area contributed by atoms with Crippen LogP contribution in [0.5, 0.6) is 5.75 Å². The lowest BCUT2D eigenvalue weighted by atomic mass is 10.0. The Morgan fingerprint density at radius 3 is 2.11 bits per heavy atom. The van der Waals surface area contributed by atoms with Gasteiger partial charge in [0.15, 0.2) is 0 Å². The summed E-state index contributed by atoms with van der Waals surface area (Å²) in [4.78, 5) is 21.5. The first-order valence-electron chi connectivity index (χ1n) is 7.90. The van der Waals surface area contributed by atoms with Crippen LogP contribution in [0.15, 0.2) is 65.6 Å². The zero-order valence-corrected chi connectivity index (χ0v) is 15.0. The van der Waals surface area contributed by atoms with Crippen LogP contribution >= 0.6 is 0 Å². The van der Waals surface area contributed by atoms with E-state index in [0.29, 0.717) is 5.56 Å². The van der Waals surface area contributed by atoms with Crippen LogP contribution in [-0.4, -0.2) is 41.2 Å². The van der Waals surface area contributed by atoms with Crippen LogP contribution in [0.2, 0.25) is 0 Å². The molecule has 0 amide bonds. The van der Waals surface area contributed by atoms with Crippen molar-refractivity contribution in [1.29, 1.82) is 0 Å². The minimum atomic E-state index is -4.87. The van der Waals surface area contributed by atoms with Crippen LogP contribution in [0.1, 0.15) is 0 Å². The highest BCUT2D eigenvalue weighted by Gasteiger charge is 2.31. The molecule has 3 aromatic rings. The van der Waals surface area contributed by atoms with Crippen LogP contribution in [-0.2, 0) is 19.7 Å². The third kappa shape index (κ3) is 3.80. The molecule has 0 fully saturated rings. The maximum atomic E-state index is 12.0. The van der Waals surface area contributed by atoms with Gasteiger partial charge in [-0.15, -0.1) is 0 Å². The second-order valence-electron chi connectivity index (χ2n) is 5.84. The first-order valence-corrected chi connectivity index (χ1v) is 9.34. The second kappa shape index (κ2) is 7.29. The van der Waals surface area contributed by atoms with E-state index in [9.17, 15) is 22.6 Å². The van der Waals surface area contributed by atoms with Gasteiger partial charge in [-0.2, -0.15) is 8.42 Å². The lowest BCUT2D eigenvalue weighted by Gasteiger charge is -2.16. The van der Waals surface area contributed by atoms with Crippen LogP contribution in [0.25, 0.3) is 21.9 Å². The minimum absolute atomic E-state index is 0.0419. The third-order valence-electron chi connectivity index (χ3n) is 3.99. The smallest absolute Gasteiger partial charge is 0.356 e. The van der Waals surface area contributed by atoms with Crippen molar-refractivity contribution in [2.24, 2.45) is 0 Å². The van der Waals surface area contributed by atoms with E-state index in [1.54, 1.807) is 24.3 Å². The van der Waals surface area contributed by atoms with Gasteiger partial charge in [0.1, 0.15) is 10.6 Å². The van der Waals surface area contributed by atoms with Crippen molar-refractivity contribution < 1.29 is 37.5 Å². The summed E-state index contributed by atoms with van der Waals surface area (Å²) in [6, 6.07) is 16.3. The van der Waals surface area contributed by atoms with E-state index in [4.69, 9.17) is 14.9 Å². The van der Waals surface area contributed by atoms with Crippen LogP contribution in [0.4, 0.5) is 0 Å². The summed E-state index contributed by atoms with van der Waals surface area (Å²) in [5.74, 6) is -4.21. The van der Waals surface area contributed by atoms with Crippen molar-refractivity contribution in [1.82, 2.24) is 0 Å². The average Bonchev–Trinajstić information content (AvgIpc) is 2.64. The summed E-state index contributed by atoms with van der Waals surface area (Å²) in [5.41, 5.74) is 0.458. The van der Waals surface area contributed by atoms with E-state index in [0.717, 1.165) is 16.8 Å². The number of hydrogen-bond donors (Lipinski definition) is 3. The molecule has 0 unspecified atom stereocenters. The van der Waals surface area contributed by atoms with Gasteiger partial charge in [-0.05, 0) is 28.5 Å². The van der Waals surface area contributed by atoms with Gasteiger partial charge in [-0.25, -0.2) is 9.59 Å². The predicted octanol–water partition coefficient (Wildman–Crippen LogP) is 2.67. The largest absolute Gasteiger partial charge is 0.478 e. The first kappa shape index (κ1) is 19.3. The summed E-state index contributed by atoms with van der Waals surface area (Å²) < 4.78 is 38.6. The Bertz CT molecular complexity index is 1170. The fraction of sp³-hybridized carbons (Fsp3) is 0.0526. The lowest BCUT2D eigenvalue weighted by molar-refractivity contribution is -0.159. The Labute approximate surface area is 159 Å². The van der Waals surface area contributed by atoms with Crippen LogP contribution in [0, 0.1) is 0 Å². The van der Waals surface area contributed by atoms with Crippen molar-refractivity contribution in [2.45, 2.75) is 11.0 Å². The maximum Gasteiger partial charge on any atom is 0.356 e. The highest BCUT2D eigenvalue weighted by Crippen LogP contribution is 2.36. The van der Waals surface area contributed by atoms with Gasteiger partial charge in [0.05, 0.1) is 0 Å². The molecule has 0 aliphatic heterocycles. The Morgan fingerprint density at radius 2 is 1.50 bits per heavy atom. The number of ether oxygens (including phenoxy) is 1. The van der Waals surface area contributed by atoms with Gasteiger partial charge in [0, 0.05) is 5.56 Å². The minimum Gasteiger partial charge on any atom is -0.478 e. The molecule has 0 saturated carbocycles. The summed E-state index contributed by atoms with van der Waals surface area (Å²) in [6.45, 7) is 0. The normalized spacial score (nSPS) is 11.5. The SMILES string of the molecule is O=C(O)C(Oc1cccc(-c2ccc3ccccc3c2)c1S(=O)(=O)O)C(=O)O. The molecule has 0 bridgehead atoms. The number of hydrogen-bond acceptors (Lipinski definition) is 5. The molecular formula is C19H14O8S. The summed E-state index contributed by atoms with van der Waals surface area (Å²) in [6.07, 6.45) is -2.34. The van der Waals surface area contributed by atoms with E-state index in [2.05, 4.69) is 0 Å². The molecule has 144 valence electrons. The topological polar surface area (TPSA) is 138 Å². The number of carboxylic acid groups (broad SMARTS) is 2. The summed E-state index contributed by atoms with van der Waals surface area (Å²) in [7, 11) is -4.87. The standard InChI is InChI=1S/C19H14O8S/c20-18(21)16(19(22)23)27-15-7-3-6-14(17(15)28(24,25)26)13-9-8-11-4-1-2-5-12(11)10-13/h1-10,16H,(H,20,21)(H,22,23)(H,24,25,26). The van der Waals surface area contributed by atoms with E-state index < -0.39 is 38.8 Å². The van der Waals surface area contributed by atoms with Crippen molar-refractivity contribution in [3.8, 4) is 16.9 Å². The Balaban J connectivity index is 2.21. The number of carboxylic acids is 2. The molecule has 28 heavy (non-hydrogen) atoms. The van der Waals surface area contributed by atoms with Crippen LogP contribution < -0.4 is 4.74 Å². The molecule has 0 saturated heterocycles. The molecule has 0 aromatic heterocycles. The van der Waals surface area contributed by atoms with Gasteiger partial charge in [-0.3, -0.25) is 4.55 Å². The molecule has 0 radical (unpaired) electrons. The molecule has 0 aliphatic carbocycles. The molecule has 0 heterocycles. The molecule has 3 N–H and O–H groups in total. The Hall–Kier alpha value is -3.43. The quantitative estimate of drug-likeness (QED) is 0.423. The molecule has 9 heteroatoms. The molecule has 3 rings (SSSR count). The molecule has 0 atom stereocenters. The maximum absolute atomic E-state index is 12.0. The Kier molecular flexibility index (Phi) is 5.04. The molecule has 3 aromatic carbocycles. The molecule has 8 nitrogen and oxygen atoms in total. The average molecular weight is 402 g/mol. The number of carbonyl (C=O) groups is 2. The third-order valence-corrected chi connectivity index (χ3v) is 4.93. The zero-order valence-electron chi connectivity index (χ0n) is 14.1. The second-order valence-corrected chi connectivity index (χ2v) is 7.20. The number of benzene rings is 3. The molecular weight excluding hydrogens is 388 g/mol. The van der Waals surface area contributed by atoms with Gasteiger partial charge in [0.25, 0.3) is 16.2 Å². The van der Waals surface area contributed by atoms with Crippen molar-refractivity contribution in [3.63, 3.8) is 0 Å². The lowest BCUT2D eigenvalue weighted by Crippen LogP contribution is -2.35. The fourth-order valence-electron chi connectivity index (χ4n) is 2.79. The van der Waals surface area contributed by atoms with Crippen LogP contribution in [0.3, 0.4) is 0 Å². The van der Waals surface area contributed by atoms with Crippen molar-refractivity contribution in [2.75, 3.05) is 0 Å². The van der Waals surface area contributed by atoms with Gasteiger partial charge < -0.3 is 14.9 Å². The Morgan fingerprint density at radius 1 is 0.857 bits per heavy atom. The predicted molar refractivity (Wildman–Crippen MR) is 98.9 cm³/mol. The molecule has 0 spiro atoms. The van der Waals surface area contributed by atoms with Gasteiger partial charge in [-0.1, -0.05) is 48.5 Å². The van der Waals surface area contributed by atoms with Gasteiger partial charge in [0.2, 0.25) is 0 Å². The van der Waals surface area contributed by atoms with E-state index >= 15 is 0 Å². The molecule has 0 aliphatic rings. The summed E-state index contributed by atoms with van der Waals surface area (Å²) in [5, 5.41) is 19.7. The summed E-state index contributed by atoms with van der Waals surface area (Å²) >= 11 is 0. The zero-order chi connectivity index (χ0) is 20.5. The number of fused-ring (bicyclic) bond motifs is 1.